The van der Waals surface area contributed by atoms with Crippen molar-refractivity contribution in [2.75, 3.05) is 20.3 Å². The molecule has 1 aliphatic heterocycles. The van der Waals surface area contributed by atoms with Gasteiger partial charge in [-0.2, -0.15) is 0 Å². The molecule has 2 rings (SSSR count). The zero-order valence-corrected chi connectivity index (χ0v) is 9.55. The minimum atomic E-state index is -1.20. The zero-order chi connectivity index (χ0) is 12.4. The second-order valence-electron chi connectivity index (χ2n) is 4.09. The van der Waals surface area contributed by atoms with Crippen LogP contribution < -0.4 is 9.84 Å². The number of benzene rings is 1. The number of carbonyl (C=O) groups is 1. The molecule has 92 valence electrons. The Morgan fingerprint density at radius 2 is 2.41 bits per heavy atom. The smallest absolute Gasteiger partial charge is 0.137 e. The van der Waals surface area contributed by atoms with Crippen LogP contribution in [0, 0.1) is 0 Å². The van der Waals surface area contributed by atoms with Crippen molar-refractivity contribution in [1.82, 2.24) is 4.90 Å². The van der Waals surface area contributed by atoms with Crippen molar-refractivity contribution in [2.45, 2.75) is 12.5 Å². The van der Waals surface area contributed by atoms with E-state index in [1.807, 2.05) is 12.1 Å². The Morgan fingerprint density at radius 1 is 1.65 bits per heavy atom. The summed E-state index contributed by atoms with van der Waals surface area (Å²) in [7, 11) is 1.58. The van der Waals surface area contributed by atoms with Crippen molar-refractivity contribution in [2.24, 2.45) is 0 Å². The van der Waals surface area contributed by atoms with Gasteiger partial charge in [-0.3, -0.25) is 0 Å². The molecule has 1 N–H and O–H groups in total. The Hall–Kier alpha value is -1.75. The molecule has 1 aromatic carbocycles. The molecule has 1 atom stereocenters. The van der Waals surface area contributed by atoms with Gasteiger partial charge >= 0.3 is 0 Å². The third kappa shape index (κ3) is 2.19. The monoisotopic (exact) mass is 236 g/mol. The lowest BCUT2D eigenvalue weighted by atomic mass is 9.90. The van der Waals surface area contributed by atoms with Gasteiger partial charge in [0.15, 0.2) is 0 Å². The van der Waals surface area contributed by atoms with Crippen LogP contribution in [0.3, 0.4) is 0 Å². The van der Waals surface area contributed by atoms with Crippen LogP contribution in [0.5, 0.6) is 5.75 Å². The third-order valence-corrected chi connectivity index (χ3v) is 3.07. The minimum absolute atomic E-state index is 0.0933. The highest BCUT2D eigenvalue weighted by molar-refractivity contribution is 5.63. The molecule has 0 saturated heterocycles. The molecule has 0 fully saturated rings. The summed E-state index contributed by atoms with van der Waals surface area (Å²) in [6.45, 7) is 0.473. The van der Waals surface area contributed by atoms with E-state index in [2.05, 4.69) is 0 Å². The summed E-state index contributed by atoms with van der Waals surface area (Å²) in [4.78, 5) is 12.1. The average molecular weight is 236 g/mol. The SMILES string of the molecule is COc1ccc2c(c1)C(CO)CN(C(=O)[O-])C2. The number of aliphatic hydroxyl groups is 1. The fourth-order valence-corrected chi connectivity index (χ4v) is 2.15. The summed E-state index contributed by atoms with van der Waals surface area (Å²) in [5.41, 5.74) is 1.84. The number of hydrogen-bond donors (Lipinski definition) is 1. The molecule has 0 bridgehead atoms. The molecule has 1 heterocycles. The molecule has 0 saturated carbocycles. The molecule has 1 aromatic rings. The van der Waals surface area contributed by atoms with Gasteiger partial charge in [0, 0.05) is 19.0 Å². The molecule has 5 nitrogen and oxygen atoms in total. The molecule has 1 unspecified atom stereocenters. The summed E-state index contributed by atoms with van der Waals surface area (Å²) in [6.07, 6.45) is -1.20. The Labute approximate surface area is 99.2 Å². The first-order valence-electron chi connectivity index (χ1n) is 5.39. The number of carboxylic acid groups (broad SMARTS) is 1. The van der Waals surface area contributed by atoms with Gasteiger partial charge in [-0.1, -0.05) is 6.07 Å². The van der Waals surface area contributed by atoms with Crippen LogP contribution in [0.2, 0.25) is 0 Å². The number of methoxy groups -OCH3 is 1. The van der Waals surface area contributed by atoms with Crippen molar-refractivity contribution < 1.29 is 19.7 Å². The van der Waals surface area contributed by atoms with Crippen molar-refractivity contribution in [1.29, 1.82) is 0 Å². The molecule has 1 aliphatic rings. The predicted molar refractivity (Wildman–Crippen MR) is 58.6 cm³/mol. The summed E-state index contributed by atoms with van der Waals surface area (Å²) < 4.78 is 5.12. The van der Waals surface area contributed by atoms with Crippen LogP contribution in [0.15, 0.2) is 18.2 Å². The van der Waals surface area contributed by atoms with Crippen molar-refractivity contribution in [3.05, 3.63) is 29.3 Å². The number of rotatable bonds is 2. The number of carbonyl (C=O) groups excluding carboxylic acids is 1. The van der Waals surface area contributed by atoms with Crippen molar-refractivity contribution >= 4 is 6.09 Å². The lowest BCUT2D eigenvalue weighted by Gasteiger charge is -2.35. The first-order chi connectivity index (χ1) is 8.15. The van der Waals surface area contributed by atoms with E-state index in [1.165, 1.54) is 4.90 Å². The molecular formula is C12H14NO4-. The van der Waals surface area contributed by atoms with Crippen LogP contribution in [0.1, 0.15) is 17.0 Å². The first-order valence-corrected chi connectivity index (χ1v) is 5.39. The number of hydrogen-bond acceptors (Lipinski definition) is 4. The summed E-state index contributed by atoms with van der Waals surface area (Å²) in [5, 5.41) is 20.2. The zero-order valence-electron chi connectivity index (χ0n) is 9.55. The number of aliphatic hydroxyl groups excluding tert-OH is 1. The molecule has 0 radical (unpaired) electrons. The molecular weight excluding hydrogens is 222 g/mol. The fourth-order valence-electron chi connectivity index (χ4n) is 2.15. The van der Waals surface area contributed by atoms with Crippen molar-refractivity contribution in [3.8, 4) is 5.75 Å². The predicted octanol–water partition coefficient (Wildman–Crippen LogP) is -0.0700. The highest BCUT2D eigenvalue weighted by atomic mass is 16.5. The number of nitrogens with zero attached hydrogens (tertiary/aromatic N) is 1. The second kappa shape index (κ2) is 4.63. The first kappa shape index (κ1) is 11.7. The average Bonchev–Trinajstić information content (AvgIpc) is 2.36. The standard InChI is InChI=1S/C12H15NO4/c1-17-10-3-2-8-5-13(12(15)16)6-9(7-14)11(8)4-10/h2-4,9,14H,5-7H2,1H3,(H,15,16)/p-1. The van der Waals surface area contributed by atoms with E-state index in [1.54, 1.807) is 13.2 Å². The van der Waals surface area contributed by atoms with E-state index >= 15 is 0 Å². The molecule has 0 spiro atoms. The topological polar surface area (TPSA) is 72.8 Å². The van der Waals surface area contributed by atoms with Crippen LogP contribution in [-0.2, 0) is 6.54 Å². The largest absolute Gasteiger partial charge is 0.530 e. The van der Waals surface area contributed by atoms with Gasteiger partial charge in [0.2, 0.25) is 0 Å². The van der Waals surface area contributed by atoms with Gasteiger partial charge in [0.05, 0.1) is 13.7 Å². The van der Waals surface area contributed by atoms with Gasteiger partial charge in [-0.05, 0) is 23.3 Å². The van der Waals surface area contributed by atoms with E-state index in [-0.39, 0.29) is 19.1 Å². The van der Waals surface area contributed by atoms with Gasteiger partial charge in [-0.25, -0.2) is 0 Å². The van der Waals surface area contributed by atoms with Crippen LogP contribution in [0.4, 0.5) is 4.79 Å². The van der Waals surface area contributed by atoms with Gasteiger partial charge in [0.25, 0.3) is 0 Å². The third-order valence-electron chi connectivity index (χ3n) is 3.07. The second-order valence-corrected chi connectivity index (χ2v) is 4.09. The maximum atomic E-state index is 10.9. The van der Waals surface area contributed by atoms with Gasteiger partial charge < -0.3 is 24.6 Å². The fraction of sp³-hybridized carbons (Fsp3) is 0.417. The lowest BCUT2D eigenvalue weighted by Crippen LogP contribution is -2.45. The van der Waals surface area contributed by atoms with Crippen LogP contribution in [0.25, 0.3) is 0 Å². The van der Waals surface area contributed by atoms with E-state index < -0.39 is 6.09 Å². The van der Waals surface area contributed by atoms with Gasteiger partial charge in [0.1, 0.15) is 11.8 Å². The minimum Gasteiger partial charge on any atom is -0.530 e. The molecule has 5 heteroatoms. The van der Waals surface area contributed by atoms with E-state index in [0.717, 1.165) is 11.1 Å². The van der Waals surface area contributed by atoms with E-state index in [4.69, 9.17) is 4.74 Å². The van der Waals surface area contributed by atoms with E-state index in [0.29, 0.717) is 12.3 Å². The Balaban J connectivity index is 2.36. The Morgan fingerprint density at radius 3 is 3.00 bits per heavy atom. The Bertz CT molecular complexity index is 433. The maximum Gasteiger partial charge on any atom is 0.137 e. The van der Waals surface area contributed by atoms with Crippen LogP contribution >= 0.6 is 0 Å². The van der Waals surface area contributed by atoms with Gasteiger partial charge in [-0.15, -0.1) is 0 Å². The maximum absolute atomic E-state index is 10.9. The lowest BCUT2D eigenvalue weighted by molar-refractivity contribution is -0.267. The van der Waals surface area contributed by atoms with E-state index in [9.17, 15) is 15.0 Å². The summed E-state index contributed by atoms with van der Waals surface area (Å²) in [5.74, 6) is 0.496. The quantitative estimate of drug-likeness (QED) is 0.780. The Kier molecular flexibility index (Phi) is 3.19. The van der Waals surface area contributed by atoms with Crippen LogP contribution in [-0.4, -0.2) is 36.4 Å². The number of fused-ring (bicyclic) bond motifs is 1. The normalized spacial score (nSPS) is 18.7. The molecule has 17 heavy (non-hydrogen) atoms. The summed E-state index contributed by atoms with van der Waals surface area (Å²) in [6, 6.07) is 5.46. The van der Waals surface area contributed by atoms with Crippen molar-refractivity contribution in [3.63, 3.8) is 0 Å². The highest BCUT2D eigenvalue weighted by Gasteiger charge is 2.25. The molecule has 0 aromatic heterocycles. The summed E-state index contributed by atoms with van der Waals surface area (Å²) >= 11 is 0. The molecule has 1 amide bonds. The number of ether oxygens (including phenoxy) is 1. The molecule has 0 aliphatic carbocycles. The highest BCUT2D eigenvalue weighted by Crippen LogP contribution is 2.30. The number of amides is 1.